The van der Waals surface area contributed by atoms with Gasteiger partial charge in [0.15, 0.2) is 6.54 Å². The molecule has 1 aromatic heterocycles. The van der Waals surface area contributed by atoms with Crippen LogP contribution in [0.3, 0.4) is 0 Å². The number of carbonyl (C=O) groups excluding carboxylic acids is 1. The highest BCUT2D eigenvalue weighted by atomic mass is 16.5. The van der Waals surface area contributed by atoms with Gasteiger partial charge >= 0.3 is 0 Å². The van der Waals surface area contributed by atoms with Crippen LogP contribution in [0, 0.1) is 5.41 Å². The number of carbonyl (C=O) groups is 1. The van der Waals surface area contributed by atoms with Crippen LogP contribution in [0.15, 0.2) is 43.0 Å². The lowest BCUT2D eigenvalue weighted by Gasteiger charge is -2.29. The first-order valence-corrected chi connectivity index (χ1v) is 8.40. The molecular weight excluding hydrogens is 318 g/mol. The van der Waals surface area contributed by atoms with Crippen LogP contribution < -0.4 is 14.6 Å². The van der Waals surface area contributed by atoms with Gasteiger partial charge in [0.25, 0.3) is 5.91 Å². The summed E-state index contributed by atoms with van der Waals surface area (Å²) in [7, 11) is 1.65. The maximum absolute atomic E-state index is 12.2. The molecule has 0 aliphatic heterocycles. The Morgan fingerprint density at radius 1 is 1.32 bits per heavy atom. The molecule has 6 nitrogen and oxygen atoms in total. The van der Waals surface area contributed by atoms with E-state index in [1.807, 2.05) is 72.9 Å². The standard InChI is InChI=1S/C19H27N3O3/c1-19(2,3)17(13-23)20-18(24)12-22-10-9-21(14-22)11-15-5-7-16(25-4)8-6-15/h5-10,14,17,23H,11-13H2,1-4H3/p+1/t17-/m1/s1. The Bertz CT molecular complexity index is 687. The molecule has 136 valence electrons. The normalized spacial score (nSPS) is 12.7. The number of benzene rings is 1. The zero-order valence-corrected chi connectivity index (χ0v) is 15.4. The Kier molecular flexibility index (Phi) is 6.20. The fraction of sp³-hybridized carbons (Fsp3) is 0.474. The van der Waals surface area contributed by atoms with Gasteiger partial charge in [0.1, 0.15) is 24.7 Å². The summed E-state index contributed by atoms with van der Waals surface area (Å²) in [4.78, 5) is 12.2. The van der Waals surface area contributed by atoms with E-state index in [0.29, 0.717) is 0 Å². The Morgan fingerprint density at radius 3 is 2.56 bits per heavy atom. The van der Waals surface area contributed by atoms with E-state index < -0.39 is 0 Å². The molecule has 0 radical (unpaired) electrons. The van der Waals surface area contributed by atoms with E-state index in [0.717, 1.165) is 17.9 Å². The van der Waals surface area contributed by atoms with Crippen LogP contribution in [-0.2, 0) is 17.9 Å². The summed E-state index contributed by atoms with van der Waals surface area (Å²) in [5.74, 6) is 0.724. The van der Waals surface area contributed by atoms with E-state index in [9.17, 15) is 9.90 Å². The van der Waals surface area contributed by atoms with Crippen molar-refractivity contribution in [1.29, 1.82) is 0 Å². The van der Waals surface area contributed by atoms with Crippen molar-refractivity contribution in [2.45, 2.75) is 39.9 Å². The molecule has 1 heterocycles. The number of imidazole rings is 1. The van der Waals surface area contributed by atoms with Crippen molar-refractivity contribution in [3.8, 4) is 5.75 Å². The molecule has 0 spiro atoms. The Morgan fingerprint density at radius 2 is 2.00 bits per heavy atom. The molecule has 2 N–H and O–H groups in total. The molecule has 0 bridgehead atoms. The van der Waals surface area contributed by atoms with Gasteiger partial charge in [-0.2, -0.15) is 0 Å². The Hall–Kier alpha value is -2.34. The largest absolute Gasteiger partial charge is 0.497 e. The van der Waals surface area contributed by atoms with Crippen LogP contribution in [0.25, 0.3) is 0 Å². The number of rotatable bonds is 7. The molecule has 0 saturated carbocycles. The Balaban J connectivity index is 1.93. The van der Waals surface area contributed by atoms with Crippen molar-refractivity contribution < 1.29 is 19.2 Å². The average molecular weight is 346 g/mol. The summed E-state index contributed by atoms with van der Waals surface area (Å²) in [5, 5.41) is 12.3. The first kappa shape index (κ1) is 19.0. The molecule has 1 aromatic carbocycles. The monoisotopic (exact) mass is 346 g/mol. The van der Waals surface area contributed by atoms with Crippen LogP contribution in [0.2, 0.25) is 0 Å². The van der Waals surface area contributed by atoms with Crippen molar-refractivity contribution >= 4 is 5.91 Å². The van der Waals surface area contributed by atoms with Crippen LogP contribution in [0.1, 0.15) is 26.3 Å². The third kappa shape index (κ3) is 5.60. The number of nitrogens with zero attached hydrogens (tertiary/aromatic N) is 2. The minimum absolute atomic E-state index is 0.0710. The summed E-state index contributed by atoms with van der Waals surface area (Å²) in [6.45, 7) is 6.85. The third-order valence-corrected chi connectivity index (χ3v) is 4.16. The minimum Gasteiger partial charge on any atom is -0.497 e. The highest BCUT2D eigenvalue weighted by molar-refractivity contribution is 5.76. The van der Waals surface area contributed by atoms with Crippen molar-refractivity contribution in [1.82, 2.24) is 9.88 Å². The predicted octanol–water partition coefficient (Wildman–Crippen LogP) is 1.36. The van der Waals surface area contributed by atoms with Crippen LogP contribution in [0.4, 0.5) is 0 Å². The van der Waals surface area contributed by atoms with Gasteiger partial charge in [0.2, 0.25) is 6.33 Å². The molecule has 0 aliphatic rings. The SMILES string of the molecule is COc1ccc(C[n+]2ccn(CC(=O)N[C@H](CO)C(C)(C)C)c2)cc1. The van der Waals surface area contributed by atoms with E-state index in [1.54, 1.807) is 7.11 Å². The lowest BCUT2D eigenvalue weighted by molar-refractivity contribution is -0.687. The molecule has 1 amide bonds. The lowest BCUT2D eigenvalue weighted by atomic mass is 9.87. The van der Waals surface area contributed by atoms with E-state index in [4.69, 9.17) is 4.74 Å². The first-order valence-electron chi connectivity index (χ1n) is 8.40. The number of aliphatic hydroxyl groups is 1. The van der Waals surface area contributed by atoms with Gasteiger partial charge in [-0.25, -0.2) is 9.13 Å². The van der Waals surface area contributed by atoms with Crippen molar-refractivity contribution in [3.05, 3.63) is 48.5 Å². The fourth-order valence-corrected chi connectivity index (χ4v) is 2.51. The molecule has 0 saturated heterocycles. The second-order valence-corrected chi connectivity index (χ2v) is 7.28. The molecule has 1 atom stereocenters. The van der Waals surface area contributed by atoms with Crippen molar-refractivity contribution in [2.24, 2.45) is 5.41 Å². The summed E-state index contributed by atoms with van der Waals surface area (Å²) < 4.78 is 9.00. The molecule has 2 rings (SSSR count). The van der Waals surface area contributed by atoms with Crippen molar-refractivity contribution in [3.63, 3.8) is 0 Å². The number of aromatic nitrogens is 2. The summed E-state index contributed by atoms with van der Waals surface area (Å²) in [6, 6.07) is 7.64. The molecule has 0 aliphatic carbocycles. The highest BCUT2D eigenvalue weighted by Crippen LogP contribution is 2.18. The molecular formula is C19H28N3O3+. The first-order chi connectivity index (χ1) is 11.8. The molecule has 6 heteroatoms. The van der Waals surface area contributed by atoms with Gasteiger partial charge in [-0.15, -0.1) is 0 Å². The molecule has 25 heavy (non-hydrogen) atoms. The van der Waals surface area contributed by atoms with Crippen LogP contribution in [-0.4, -0.2) is 35.3 Å². The third-order valence-electron chi connectivity index (χ3n) is 4.16. The number of nitrogens with one attached hydrogen (secondary N) is 1. The van der Waals surface area contributed by atoms with Gasteiger partial charge < -0.3 is 15.2 Å². The maximum atomic E-state index is 12.2. The smallest absolute Gasteiger partial charge is 0.262 e. The van der Waals surface area contributed by atoms with E-state index in [-0.39, 0.29) is 30.5 Å². The number of methoxy groups -OCH3 is 1. The average Bonchev–Trinajstić information content (AvgIpc) is 2.99. The number of amides is 1. The number of ether oxygens (including phenoxy) is 1. The van der Waals surface area contributed by atoms with Crippen LogP contribution >= 0.6 is 0 Å². The number of aliphatic hydroxyl groups excluding tert-OH is 1. The maximum Gasteiger partial charge on any atom is 0.262 e. The van der Waals surface area contributed by atoms with Crippen molar-refractivity contribution in [2.75, 3.05) is 13.7 Å². The second kappa shape index (κ2) is 8.16. The number of hydrogen-bond donors (Lipinski definition) is 2. The van der Waals surface area contributed by atoms with Gasteiger partial charge in [-0.1, -0.05) is 32.9 Å². The Labute approximate surface area is 149 Å². The van der Waals surface area contributed by atoms with E-state index in [1.165, 1.54) is 0 Å². The zero-order chi connectivity index (χ0) is 18.4. The number of hydrogen-bond acceptors (Lipinski definition) is 3. The summed E-state index contributed by atoms with van der Waals surface area (Å²) >= 11 is 0. The zero-order valence-electron chi connectivity index (χ0n) is 15.4. The lowest BCUT2D eigenvalue weighted by Crippen LogP contribution is -2.47. The predicted molar refractivity (Wildman–Crippen MR) is 95.2 cm³/mol. The quantitative estimate of drug-likeness (QED) is 0.744. The summed E-state index contributed by atoms with van der Waals surface area (Å²) in [6.07, 6.45) is 5.70. The molecule has 2 aromatic rings. The second-order valence-electron chi connectivity index (χ2n) is 7.28. The van der Waals surface area contributed by atoms with E-state index >= 15 is 0 Å². The fourth-order valence-electron chi connectivity index (χ4n) is 2.51. The van der Waals surface area contributed by atoms with Gasteiger partial charge in [0.05, 0.1) is 19.8 Å². The molecule has 0 unspecified atom stereocenters. The van der Waals surface area contributed by atoms with Gasteiger partial charge in [-0.05, 0) is 23.1 Å². The van der Waals surface area contributed by atoms with Crippen LogP contribution in [0.5, 0.6) is 5.75 Å². The van der Waals surface area contributed by atoms with E-state index in [2.05, 4.69) is 5.32 Å². The highest BCUT2D eigenvalue weighted by Gasteiger charge is 2.26. The summed E-state index contributed by atoms with van der Waals surface area (Å²) in [5.41, 5.74) is 0.969. The molecule has 0 fully saturated rings. The topological polar surface area (TPSA) is 67.4 Å². The minimum atomic E-state index is -0.262. The van der Waals surface area contributed by atoms with Gasteiger partial charge in [-0.3, -0.25) is 4.79 Å². The van der Waals surface area contributed by atoms with Gasteiger partial charge in [0, 0.05) is 0 Å².